The molecule has 0 spiro atoms. The summed E-state index contributed by atoms with van der Waals surface area (Å²) >= 11 is 1.83. The lowest BCUT2D eigenvalue weighted by atomic mass is 10.0. The van der Waals surface area contributed by atoms with Gasteiger partial charge in [-0.3, -0.25) is 4.90 Å². The van der Waals surface area contributed by atoms with Gasteiger partial charge in [0.15, 0.2) is 0 Å². The highest BCUT2D eigenvalue weighted by Crippen LogP contribution is 2.34. The number of benzene rings is 2. The fraction of sp³-hybridized carbons (Fsp3) is 0.235. The van der Waals surface area contributed by atoms with Gasteiger partial charge in [0, 0.05) is 10.6 Å². The lowest BCUT2D eigenvalue weighted by Crippen LogP contribution is -2.24. The van der Waals surface area contributed by atoms with Crippen LogP contribution in [0.5, 0.6) is 0 Å². The molecule has 4 nitrogen and oxygen atoms in total. The number of amides is 1. The molecule has 2 aromatic carbocycles. The Morgan fingerprint density at radius 3 is 2.86 bits per heavy atom. The topological polar surface area (TPSA) is 41.6 Å². The van der Waals surface area contributed by atoms with E-state index in [-0.39, 0.29) is 6.09 Å². The molecule has 0 aromatic heterocycles. The molecule has 0 aliphatic carbocycles. The lowest BCUT2D eigenvalue weighted by molar-refractivity contribution is 0.133. The first-order chi connectivity index (χ1) is 10.7. The summed E-state index contributed by atoms with van der Waals surface area (Å²) in [5.41, 5.74) is 6.98. The van der Waals surface area contributed by atoms with Gasteiger partial charge in [-0.05, 0) is 47.6 Å². The Hall–Kier alpha value is -1.98. The molecule has 1 fully saturated rings. The number of hydrogen-bond acceptors (Lipinski definition) is 4. The molecule has 0 saturated carbocycles. The van der Waals surface area contributed by atoms with Crippen molar-refractivity contribution < 1.29 is 9.63 Å². The van der Waals surface area contributed by atoms with Crippen LogP contribution in [0.2, 0.25) is 0 Å². The molecule has 1 N–H and O–H groups in total. The van der Waals surface area contributed by atoms with E-state index in [1.807, 2.05) is 30.0 Å². The lowest BCUT2D eigenvalue weighted by Gasteiger charge is -2.15. The van der Waals surface area contributed by atoms with Crippen LogP contribution < -0.4 is 10.4 Å². The van der Waals surface area contributed by atoms with Crippen molar-refractivity contribution in [3.63, 3.8) is 0 Å². The van der Waals surface area contributed by atoms with Crippen LogP contribution in [0.15, 0.2) is 47.4 Å². The summed E-state index contributed by atoms with van der Waals surface area (Å²) in [7, 11) is 0. The molecule has 2 aromatic rings. The van der Waals surface area contributed by atoms with Gasteiger partial charge in [-0.25, -0.2) is 4.79 Å². The Balaban J connectivity index is 2.00. The predicted octanol–water partition coefficient (Wildman–Crippen LogP) is 4.19. The Bertz CT molecular complexity index is 703. The third kappa shape index (κ3) is 2.96. The average molecular weight is 314 g/mol. The molecule has 0 unspecified atom stereocenters. The van der Waals surface area contributed by atoms with Gasteiger partial charge in [-0.2, -0.15) is 0 Å². The number of rotatable bonds is 4. The largest absolute Gasteiger partial charge is 0.434 e. The summed E-state index contributed by atoms with van der Waals surface area (Å²) in [6.45, 7) is 4.62. The van der Waals surface area contributed by atoms with Crippen LogP contribution in [0.3, 0.4) is 0 Å². The maximum atomic E-state index is 11.7. The second-order valence-corrected chi connectivity index (χ2v) is 6.39. The maximum Gasteiger partial charge on any atom is 0.434 e. The van der Waals surface area contributed by atoms with Crippen LogP contribution in [0.4, 0.5) is 10.5 Å². The molecule has 22 heavy (non-hydrogen) atoms. The first-order valence-electron chi connectivity index (χ1n) is 7.24. The Labute approximate surface area is 134 Å². The summed E-state index contributed by atoms with van der Waals surface area (Å²) in [5.74, 6) is 1.03. The number of aryl methyl sites for hydroxylation is 1. The summed E-state index contributed by atoms with van der Waals surface area (Å²) in [4.78, 5) is 19.3. The van der Waals surface area contributed by atoms with Crippen LogP contribution in [0, 0.1) is 6.92 Å². The zero-order valence-electron chi connectivity index (χ0n) is 12.6. The molecule has 114 valence electrons. The quantitative estimate of drug-likeness (QED) is 0.859. The molecule has 1 amide bonds. The normalized spacial score (nSPS) is 14.3. The summed E-state index contributed by atoms with van der Waals surface area (Å²) in [6.07, 6.45) is -0.371. The fourth-order valence-electron chi connectivity index (χ4n) is 2.46. The number of thioether (sulfide) groups is 1. The zero-order valence-corrected chi connectivity index (χ0v) is 13.4. The predicted molar refractivity (Wildman–Crippen MR) is 90.0 cm³/mol. The summed E-state index contributed by atoms with van der Waals surface area (Å²) in [6, 6.07) is 14.5. The monoisotopic (exact) mass is 314 g/mol. The van der Waals surface area contributed by atoms with Gasteiger partial charge < -0.3 is 4.84 Å². The first-order valence-corrected chi connectivity index (χ1v) is 8.22. The van der Waals surface area contributed by atoms with Crippen molar-refractivity contribution in [3.8, 4) is 11.1 Å². The number of carbonyl (C=O) groups excluding carboxylic acids is 1. The van der Waals surface area contributed by atoms with Crippen LogP contribution in [0.25, 0.3) is 11.1 Å². The van der Waals surface area contributed by atoms with Crippen molar-refractivity contribution in [3.05, 3.63) is 48.0 Å². The summed E-state index contributed by atoms with van der Waals surface area (Å²) < 4.78 is 0. The summed E-state index contributed by atoms with van der Waals surface area (Å²) in [5, 5.41) is 0. The molecule has 0 atom stereocenters. The highest BCUT2D eigenvalue weighted by molar-refractivity contribution is 7.99. The number of hydrogen-bond donors (Lipinski definition) is 1. The molecular weight excluding hydrogens is 296 g/mol. The van der Waals surface area contributed by atoms with Crippen molar-refractivity contribution in [2.75, 3.05) is 17.3 Å². The molecular formula is C17H18N2O2S. The second-order valence-electron chi connectivity index (χ2n) is 5.08. The Morgan fingerprint density at radius 2 is 2.14 bits per heavy atom. The van der Waals surface area contributed by atoms with Gasteiger partial charge >= 0.3 is 6.09 Å². The van der Waals surface area contributed by atoms with Crippen LogP contribution in [-0.2, 0) is 4.84 Å². The molecule has 0 radical (unpaired) electrons. The average Bonchev–Trinajstić information content (AvgIpc) is 2.94. The number of hydroxylamine groups is 1. The van der Waals surface area contributed by atoms with E-state index in [0.717, 1.165) is 17.0 Å². The van der Waals surface area contributed by atoms with E-state index < -0.39 is 0 Å². The highest BCUT2D eigenvalue weighted by Gasteiger charge is 2.23. The fourth-order valence-corrected chi connectivity index (χ4v) is 3.38. The molecule has 1 aliphatic heterocycles. The van der Waals surface area contributed by atoms with Crippen molar-refractivity contribution >= 4 is 23.5 Å². The van der Waals surface area contributed by atoms with E-state index in [0.29, 0.717) is 6.67 Å². The van der Waals surface area contributed by atoms with Gasteiger partial charge in [-0.15, -0.1) is 17.2 Å². The van der Waals surface area contributed by atoms with Crippen molar-refractivity contribution in [2.24, 2.45) is 0 Å². The molecule has 1 aliphatic rings. The highest BCUT2D eigenvalue weighted by atomic mass is 32.2. The molecule has 0 bridgehead atoms. The zero-order chi connectivity index (χ0) is 15.5. The van der Waals surface area contributed by atoms with Crippen LogP contribution in [0.1, 0.15) is 12.5 Å². The van der Waals surface area contributed by atoms with E-state index in [9.17, 15) is 4.79 Å². The number of nitrogens with one attached hydrogen (secondary N) is 1. The third-order valence-electron chi connectivity index (χ3n) is 3.51. The second kappa shape index (κ2) is 6.42. The number of anilines is 1. The van der Waals surface area contributed by atoms with E-state index in [1.54, 1.807) is 4.90 Å². The van der Waals surface area contributed by atoms with Gasteiger partial charge in [0.25, 0.3) is 0 Å². The van der Waals surface area contributed by atoms with Crippen molar-refractivity contribution in [1.82, 2.24) is 5.48 Å². The number of carbonyl (C=O) groups is 1. The molecule has 1 saturated heterocycles. The number of nitrogens with zero attached hydrogens (tertiary/aromatic N) is 1. The van der Waals surface area contributed by atoms with E-state index in [2.05, 4.69) is 43.6 Å². The maximum absolute atomic E-state index is 11.7. The SMILES string of the molecule is CCSc1cc(C)ccc1-c1cccc(N2CNOC2=O)c1. The smallest absolute Gasteiger partial charge is 0.352 e. The minimum Gasteiger partial charge on any atom is -0.352 e. The Morgan fingerprint density at radius 1 is 1.27 bits per heavy atom. The van der Waals surface area contributed by atoms with Crippen molar-refractivity contribution in [1.29, 1.82) is 0 Å². The van der Waals surface area contributed by atoms with Crippen LogP contribution in [-0.4, -0.2) is 18.5 Å². The van der Waals surface area contributed by atoms with Gasteiger partial charge in [0.2, 0.25) is 0 Å². The van der Waals surface area contributed by atoms with Crippen molar-refractivity contribution in [2.45, 2.75) is 18.7 Å². The van der Waals surface area contributed by atoms with E-state index >= 15 is 0 Å². The first kappa shape index (κ1) is 14.9. The van der Waals surface area contributed by atoms with E-state index in [4.69, 9.17) is 4.84 Å². The van der Waals surface area contributed by atoms with Gasteiger partial charge in [0.05, 0.1) is 0 Å². The Kier molecular flexibility index (Phi) is 4.36. The van der Waals surface area contributed by atoms with E-state index in [1.165, 1.54) is 16.0 Å². The third-order valence-corrected chi connectivity index (χ3v) is 4.45. The minimum atomic E-state index is -0.371. The van der Waals surface area contributed by atoms with Gasteiger partial charge in [-0.1, -0.05) is 31.2 Å². The van der Waals surface area contributed by atoms with Crippen LogP contribution >= 0.6 is 11.8 Å². The molecule has 1 heterocycles. The molecule has 5 heteroatoms. The standard InChI is InChI=1S/C17H18N2O2S/c1-3-22-16-9-12(2)7-8-15(16)13-5-4-6-14(10-13)19-11-18-21-17(19)20/h4-10,18H,3,11H2,1-2H3. The van der Waals surface area contributed by atoms with Gasteiger partial charge in [0.1, 0.15) is 6.67 Å². The molecule has 3 rings (SSSR count). The minimum absolute atomic E-state index is 0.368.